The standard InChI is InChI=1S/C15H23N3O3/c1-2-13(18-14(16)19)9-6-10-17-15(20)21-11-12-7-4-3-5-8-12/h3-5,7-8,13H,2,6,9-11H2,1H3,(H,17,20)(H3,16,18,19). The van der Waals surface area contributed by atoms with Crippen LogP contribution in [0.25, 0.3) is 0 Å². The Kier molecular flexibility index (Phi) is 7.71. The largest absolute Gasteiger partial charge is 0.445 e. The number of ether oxygens (including phenoxy) is 1. The molecule has 116 valence electrons. The maximum Gasteiger partial charge on any atom is 0.407 e. The molecule has 0 bridgehead atoms. The molecule has 0 saturated heterocycles. The van der Waals surface area contributed by atoms with Crippen molar-refractivity contribution in [2.24, 2.45) is 5.73 Å². The molecule has 4 N–H and O–H groups in total. The third-order valence-corrected chi connectivity index (χ3v) is 3.05. The van der Waals surface area contributed by atoms with Crippen LogP contribution in [-0.4, -0.2) is 24.7 Å². The van der Waals surface area contributed by atoms with Crippen molar-refractivity contribution in [1.82, 2.24) is 10.6 Å². The number of carbonyl (C=O) groups excluding carboxylic acids is 2. The van der Waals surface area contributed by atoms with Crippen molar-refractivity contribution in [3.05, 3.63) is 35.9 Å². The van der Waals surface area contributed by atoms with Gasteiger partial charge in [-0.2, -0.15) is 0 Å². The first-order valence-electron chi connectivity index (χ1n) is 7.12. The maximum absolute atomic E-state index is 11.5. The van der Waals surface area contributed by atoms with Gasteiger partial charge < -0.3 is 21.1 Å². The molecule has 0 aliphatic heterocycles. The molecule has 1 atom stereocenters. The topological polar surface area (TPSA) is 93.4 Å². The van der Waals surface area contributed by atoms with Crippen molar-refractivity contribution in [2.75, 3.05) is 6.54 Å². The molecule has 0 fully saturated rings. The highest BCUT2D eigenvalue weighted by Gasteiger charge is 2.08. The second-order valence-electron chi connectivity index (χ2n) is 4.74. The molecule has 1 aromatic carbocycles. The zero-order chi connectivity index (χ0) is 15.5. The summed E-state index contributed by atoms with van der Waals surface area (Å²) in [7, 11) is 0. The molecule has 1 unspecified atom stereocenters. The minimum atomic E-state index is -0.517. The average molecular weight is 293 g/mol. The molecule has 0 aliphatic carbocycles. The molecule has 0 heterocycles. The van der Waals surface area contributed by atoms with E-state index in [4.69, 9.17) is 10.5 Å². The number of hydrogen-bond donors (Lipinski definition) is 3. The van der Waals surface area contributed by atoms with Gasteiger partial charge in [0.1, 0.15) is 6.61 Å². The van der Waals surface area contributed by atoms with E-state index in [0.717, 1.165) is 24.8 Å². The lowest BCUT2D eigenvalue weighted by Crippen LogP contribution is -2.38. The third kappa shape index (κ3) is 7.81. The molecular formula is C15H23N3O3. The molecule has 0 aromatic heterocycles. The predicted molar refractivity (Wildman–Crippen MR) is 80.7 cm³/mol. The zero-order valence-electron chi connectivity index (χ0n) is 12.3. The van der Waals surface area contributed by atoms with Gasteiger partial charge in [0.25, 0.3) is 0 Å². The van der Waals surface area contributed by atoms with Gasteiger partial charge >= 0.3 is 12.1 Å². The number of urea groups is 1. The van der Waals surface area contributed by atoms with Gasteiger partial charge in [0, 0.05) is 12.6 Å². The highest BCUT2D eigenvalue weighted by atomic mass is 16.5. The van der Waals surface area contributed by atoms with Crippen LogP contribution in [0.2, 0.25) is 0 Å². The van der Waals surface area contributed by atoms with E-state index in [0.29, 0.717) is 6.54 Å². The van der Waals surface area contributed by atoms with E-state index in [2.05, 4.69) is 10.6 Å². The van der Waals surface area contributed by atoms with Crippen LogP contribution in [0.4, 0.5) is 9.59 Å². The number of primary amides is 1. The number of nitrogens with two attached hydrogens (primary N) is 1. The third-order valence-electron chi connectivity index (χ3n) is 3.05. The molecule has 1 rings (SSSR count). The minimum Gasteiger partial charge on any atom is -0.445 e. The Morgan fingerprint density at radius 3 is 2.62 bits per heavy atom. The van der Waals surface area contributed by atoms with E-state index in [1.165, 1.54) is 0 Å². The van der Waals surface area contributed by atoms with Crippen LogP contribution in [0.15, 0.2) is 30.3 Å². The lowest BCUT2D eigenvalue weighted by atomic mass is 10.1. The summed E-state index contributed by atoms with van der Waals surface area (Å²) in [6, 6.07) is 9.03. The van der Waals surface area contributed by atoms with Crippen LogP contribution >= 0.6 is 0 Å². The fourth-order valence-electron chi connectivity index (χ4n) is 1.89. The van der Waals surface area contributed by atoms with Crippen molar-refractivity contribution in [2.45, 2.75) is 38.8 Å². The van der Waals surface area contributed by atoms with Crippen molar-refractivity contribution in [3.8, 4) is 0 Å². The number of benzene rings is 1. The van der Waals surface area contributed by atoms with E-state index >= 15 is 0 Å². The Balaban J connectivity index is 2.11. The highest BCUT2D eigenvalue weighted by Crippen LogP contribution is 2.02. The van der Waals surface area contributed by atoms with Crippen LogP contribution < -0.4 is 16.4 Å². The Hall–Kier alpha value is -2.24. The minimum absolute atomic E-state index is 0.0460. The normalized spacial score (nSPS) is 11.5. The molecule has 6 heteroatoms. The van der Waals surface area contributed by atoms with Gasteiger partial charge in [0.2, 0.25) is 0 Å². The summed E-state index contributed by atoms with van der Waals surface area (Å²) in [6.07, 6.45) is 1.88. The van der Waals surface area contributed by atoms with Crippen LogP contribution in [0, 0.1) is 0 Å². The molecule has 0 saturated carbocycles. The van der Waals surface area contributed by atoms with E-state index in [1.807, 2.05) is 37.3 Å². The Morgan fingerprint density at radius 1 is 1.29 bits per heavy atom. The highest BCUT2D eigenvalue weighted by molar-refractivity contribution is 5.71. The van der Waals surface area contributed by atoms with Crippen molar-refractivity contribution in [1.29, 1.82) is 0 Å². The predicted octanol–water partition coefficient (Wildman–Crippen LogP) is 2.14. The van der Waals surface area contributed by atoms with Crippen molar-refractivity contribution < 1.29 is 14.3 Å². The van der Waals surface area contributed by atoms with E-state index in [1.54, 1.807) is 0 Å². The lowest BCUT2D eigenvalue weighted by Gasteiger charge is -2.15. The SMILES string of the molecule is CCC(CCCNC(=O)OCc1ccccc1)NC(N)=O. The van der Waals surface area contributed by atoms with E-state index in [9.17, 15) is 9.59 Å². The van der Waals surface area contributed by atoms with E-state index < -0.39 is 12.1 Å². The molecule has 0 spiro atoms. The smallest absolute Gasteiger partial charge is 0.407 e. The average Bonchev–Trinajstić information content (AvgIpc) is 2.49. The fraction of sp³-hybridized carbons (Fsp3) is 0.467. The van der Waals surface area contributed by atoms with Gasteiger partial charge in [0.05, 0.1) is 0 Å². The second kappa shape index (κ2) is 9.63. The monoisotopic (exact) mass is 293 g/mol. The molecule has 21 heavy (non-hydrogen) atoms. The molecule has 0 radical (unpaired) electrons. The number of rotatable bonds is 8. The summed E-state index contributed by atoms with van der Waals surface area (Å²) >= 11 is 0. The van der Waals surface area contributed by atoms with Gasteiger partial charge in [0.15, 0.2) is 0 Å². The number of nitrogens with one attached hydrogen (secondary N) is 2. The summed E-state index contributed by atoms with van der Waals surface area (Å²) in [5, 5.41) is 5.34. The summed E-state index contributed by atoms with van der Waals surface area (Å²) in [4.78, 5) is 22.2. The summed E-state index contributed by atoms with van der Waals surface area (Å²) in [5.74, 6) is 0. The Labute approximate surface area is 125 Å². The zero-order valence-corrected chi connectivity index (χ0v) is 12.3. The second-order valence-corrected chi connectivity index (χ2v) is 4.74. The van der Waals surface area contributed by atoms with Gasteiger partial charge in [-0.25, -0.2) is 9.59 Å². The van der Waals surface area contributed by atoms with Crippen LogP contribution in [0.3, 0.4) is 0 Å². The van der Waals surface area contributed by atoms with Crippen LogP contribution in [-0.2, 0) is 11.3 Å². The van der Waals surface area contributed by atoms with Gasteiger partial charge in [-0.3, -0.25) is 0 Å². The van der Waals surface area contributed by atoms with Gasteiger partial charge in [-0.1, -0.05) is 37.3 Å². The van der Waals surface area contributed by atoms with Crippen LogP contribution in [0.5, 0.6) is 0 Å². The molecule has 6 nitrogen and oxygen atoms in total. The number of alkyl carbamates (subject to hydrolysis) is 1. The van der Waals surface area contributed by atoms with E-state index in [-0.39, 0.29) is 12.6 Å². The molecule has 0 aliphatic rings. The maximum atomic E-state index is 11.5. The molecule has 3 amide bonds. The van der Waals surface area contributed by atoms with Gasteiger partial charge in [-0.05, 0) is 24.8 Å². The molecule has 1 aromatic rings. The number of hydrogen-bond acceptors (Lipinski definition) is 3. The Bertz CT molecular complexity index is 437. The first-order valence-corrected chi connectivity index (χ1v) is 7.12. The number of carbonyl (C=O) groups is 2. The first-order chi connectivity index (χ1) is 10.1. The number of amides is 3. The van der Waals surface area contributed by atoms with Gasteiger partial charge in [-0.15, -0.1) is 0 Å². The summed E-state index contributed by atoms with van der Waals surface area (Å²) in [5.41, 5.74) is 6.02. The molecular weight excluding hydrogens is 270 g/mol. The quantitative estimate of drug-likeness (QED) is 0.641. The van der Waals surface area contributed by atoms with Crippen LogP contribution in [0.1, 0.15) is 31.7 Å². The van der Waals surface area contributed by atoms with Crippen molar-refractivity contribution in [3.63, 3.8) is 0 Å². The summed E-state index contributed by atoms with van der Waals surface area (Å²) in [6.45, 7) is 2.74. The summed E-state index contributed by atoms with van der Waals surface area (Å²) < 4.78 is 5.09. The Morgan fingerprint density at radius 2 is 2.00 bits per heavy atom. The first kappa shape index (κ1) is 16.8. The lowest BCUT2D eigenvalue weighted by molar-refractivity contribution is 0.139. The van der Waals surface area contributed by atoms with Crippen molar-refractivity contribution >= 4 is 12.1 Å². The fourth-order valence-corrected chi connectivity index (χ4v) is 1.89.